The molecule has 0 aliphatic rings. The Hall–Kier alpha value is -1.13. The average Bonchev–Trinajstić information content (AvgIpc) is 2.26. The zero-order chi connectivity index (χ0) is 10.4. The summed E-state index contributed by atoms with van der Waals surface area (Å²) in [4.78, 5) is 4.11. The van der Waals surface area contributed by atoms with Gasteiger partial charge in [-0.25, -0.2) is 4.98 Å². The predicted molar refractivity (Wildman–Crippen MR) is 56.1 cm³/mol. The summed E-state index contributed by atoms with van der Waals surface area (Å²) in [6.07, 6.45) is 1.80. The molecule has 0 aliphatic carbocycles. The molecule has 1 rings (SSSR count). The fourth-order valence-corrected chi connectivity index (χ4v) is 1.01. The third-order valence-corrected chi connectivity index (χ3v) is 2.01. The predicted octanol–water partition coefficient (Wildman–Crippen LogP) is 0.527. The van der Waals surface area contributed by atoms with Gasteiger partial charge in [0, 0.05) is 31.4 Å². The van der Waals surface area contributed by atoms with Gasteiger partial charge in [0.15, 0.2) is 0 Å². The van der Waals surface area contributed by atoms with Crippen LogP contribution in [0.25, 0.3) is 0 Å². The summed E-state index contributed by atoms with van der Waals surface area (Å²) in [6.45, 7) is 3.48. The van der Waals surface area contributed by atoms with Gasteiger partial charge >= 0.3 is 0 Å². The van der Waals surface area contributed by atoms with Crippen LogP contribution in [0.15, 0.2) is 18.3 Å². The van der Waals surface area contributed by atoms with Crippen LogP contribution in [0.1, 0.15) is 12.5 Å². The highest BCUT2D eigenvalue weighted by Crippen LogP contribution is 2.06. The Labute approximate surface area is 84.5 Å². The third-order valence-electron chi connectivity index (χ3n) is 2.01. The summed E-state index contributed by atoms with van der Waals surface area (Å²) in [6, 6.07) is 4.17. The minimum atomic E-state index is 0.331. The van der Waals surface area contributed by atoms with Crippen molar-refractivity contribution in [3.63, 3.8) is 0 Å². The Morgan fingerprint density at radius 2 is 2.36 bits per heavy atom. The summed E-state index contributed by atoms with van der Waals surface area (Å²) in [5, 5.41) is 3.28. The van der Waals surface area contributed by atoms with Gasteiger partial charge in [0.25, 0.3) is 0 Å². The van der Waals surface area contributed by atoms with E-state index in [1.54, 1.807) is 13.3 Å². The number of nitrogens with two attached hydrogens (primary N) is 1. The van der Waals surface area contributed by atoms with Crippen LogP contribution < -0.4 is 15.8 Å². The molecule has 1 aromatic heterocycles. The number of rotatable bonds is 5. The van der Waals surface area contributed by atoms with E-state index in [4.69, 9.17) is 10.5 Å². The molecule has 78 valence electrons. The van der Waals surface area contributed by atoms with Gasteiger partial charge in [-0.05, 0) is 12.5 Å². The topological polar surface area (TPSA) is 60.2 Å². The zero-order valence-electron chi connectivity index (χ0n) is 8.66. The summed E-state index contributed by atoms with van der Waals surface area (Å²) in [7, 11) is 1.61. The van der Waals surface area contributed by atoms with Crippen LogP contribution in [0.3, 0.4) is 0 Å². The van der Waals surface area contributed by atoms with Crippen molar-refractivity contribution in [1.82, 2.24) is 10.3 Å². The zero-order valence-corrected chi connectivity index (χ0v) is 8.66. The van der Waals surface area contributed by atoms with Crippen LogP contribution in [0, 0.1) is 0 Å². The Morgan fingerprint density at radius 3 is 2.86 bits per heavy atom. The number of nitrogens with zero attached hydrogens (tertiary/aromatic N) is 1. The maximum Gasteiger partial charge on any atom is 0.212 e. The Bertz CT molecular complexity index is 261. The number of hydrogen-bond acceptors (Lipinski definition) is 4. The van der Waals surface area contributed by atoms with E-state index < -0.39 is 0 Å². The lowest BCUT2D eigenvalue weighted by Crippen LogP contribution is -2.32. The van der Waals surface area contributed by atoms with Crippen molar-refractivity contribution in [3.05, 3.63) is 23.9 Å². The molecule has 4 nitrogen and oxygen atoms in total. The Morgan fingerprint density at radius 1 is 1.57 bits per heavy atom. The number of nitrogens with one attached hydrogen (secondary N) is 1. The van der Waals surface area contributed by atoms with E-state index in [0.717, 1.165) is 12.1 Å². The van der Waals surface area contributed by atoms with Crippen LogP contribution in [-0.2, 0) is 6.54 Å². The second-order valence-corrected chi connectivity index (χ2v) is 3.23. The van der Waals surface area contributed by atoms with E-state index in [1.165, 1.54) is 0 Å². The molecule has 1 atom stereocenters. The fraction of sp³-hybridized carbons (Fsp3) is 0.500. The van der Waals surface area contributed by atoms with Crippen molar-refractivity contribution in [2.24, 2.45) is 5.73 Å². The normalized spacial score (nSPS) is 12.5. The van der Waals surface area contributed by atoms with Crippen LogP contribution in [0.4, 0.5) is 0 Å². The summed E-state index contributed by atoms with van der Waals surface area (Å²) < 4.78 is 4.96. The minimum absolute atomic E-state index is 0.331. The first-order valence-corrected chi connectivity index (χ1v) is 4.68. The van der Waals surface area contributed by atoms with Gasteiger partial charge in [-0.15, -0.1) is 0 Å². The van der Waals surface area contributed by atoms with E-state index in [-0.39, 0.29) is 0 Å². The molecule has 0 saturated heterocycles. The lowest BCUT2D eigenvalue weighted by atomic mass is 10.2. The Kier molecular flexibility index (Phi) is 4.35. The molecule has 0 aromatic carbocycles. The largest absolute Gasteiger partial charge is 0.481 e. The average molecular weight is 195 g/mol. The smallest absolute Gasteiger partial charge is 0.212 e. The van der Waals surface area contributed by atoms with Crippen molar-refractivity contribution in [1.29, 1.82) is 0 Å². The van der Waals surface area contributed by atoms with Crippen molar-refractivity contribution in [2.75, 3.05) is 13.7 Å². The molecule has 0 fully saturated rings. The van der Waals surface area contributed by atoms with Gasteiger partial charge in [0.1, 0.15) is 0 Å². The first kappa shape index (κ1) is 10.9. The van der Waals surface area contributed by atoms with Gasteiger partial charge < -0.3 is 15.8 Å². The minimum Gasteiger partial charge on any atom is -0.481 e. The van der Waals surface area contributed by atoms with Crippen LogP contribution >= 0.6 is 0 Å². The van der Waals surface area contributed by atoms with Crippen molar-refractivity contribution < 1.29 is 4.74 Å². The molecule has 1 heterocycles. The maximum absolute atomic E-state index is 5.48. The molecular weight excluding hydrogens is 178 g/mol. The second-order valence-electron chi connectivity index (χ2n) is 3.23. The number of methoxy groups -OCH3 is 1. The first-order valence-electron chi connectivity index (χ1n) is 4.68. The van der Waals surface area contributed by atoms with Gasteiger partial charge in [-0.3, -0.25) is 0 Å². The molecule has 0 bridgehead atoms. The highest BCUT2D eigenvalue weighted by molar-refractivity contribution is 5.17. The van der Waals surface area contributed by atoms with Gasteiger partial charge in [-0.2, -0.15) is 0 Å². The third kappa shape index (κ3) is 3.32. The van der Waals surface area contributed by atoms with E-state index in [2.05, 4.69) is 17.2 Å². The number of ether oxygens (including phenoxy) is 1. The number of aromatic nitrogens is 1. The Balaban J connectivity index is 2.43. The van der Waals surface area contributed by atoms with E-state index in [0.29, 0.717) is 18.5 Å². The molecule has 3 N–H and O–H groups in total. The standard InChI is InChI=1S/C10H17N3O/c1-8(5-11)12-6-9-3-4-10(14-2)13-7-9/h3-4,7-8,12H,5-6,11H2,1-2H3. The SMILES string of the molecule is COc1ccc(CNC(C)CN)cn1. The molecule has 0 spiro atoms. The van der Waals surface area contributed by atoms with Crippen molar-refractivity contribution >= 4 is 0 Å². The molecule has 1 aromatic rings. The van der Waals surface area contributed by atoms with Crippen LogP contribution in [0.5, 0.6) is 5.88 Å². The maximum atomic E-state index is 5.48. The van der Waals surface area contributed by atoms with Gasteiger partial charge in [0.2, 0.25) is 5.88 Å². The monoisotopic (exact) mass is 195 g/mol. The summed E-state index contributed by atoms with van der Waals surface area (Å²) in [5.41, 5.74) is 6.61. The highest BCUT2D eigenvalue weighted by atomic mass is 16.5. The van der Waals surface area contributed by atoms with Crippen molar-refractivity contribution in [2.45, 2.75) is 19.5 Å². The van der Waals surface area contributed by atoms with E-state index >= 15 is 0 Å². The molecule has 0 saturated carbocycles. The molecule has 4 heteroatoms. The molecular formula is C10H17N3O. The number of pyridine rings is 1. The number of hydrogen-bond donors (Lipinski definition) is 2. The van der Waals surface area contributed by atoms with E-state index in [9.17, 15) is 0 Å². The molecule has 1 unspecified atom stereocenters. The van der Waals surface area contributed by atoms with Crippen molar-refractivity contribution in [3.8, 4) is 5.88 Å². The second kappa shape index (κ2) is 5.57. The van der Waals surface area contributed by atoms with E-state index in [1.807, 2.05) is 12.1 Å². The lowest BCUT2D eigenvalue weighted by molar-refractivity contribution is 0.397. The summed E-state index contributed by atoms with van der Waals surface area (Å²) >= 11 is 0. The highest BCUT2D eigenvalue weighted by Gasteiger charge is 1.99. The fourth-order valence-electron chi connectivity index (χ4n) is 1.01. The molecule has 0 amide bonds. The summed E-state index contributed by atoms with van der Waals surface area (Å²) in [5.74, 6) is 0.639. The van der Waals surface area contributed by atoms with Crippen LogP contribution in [0.2, 0.25) is 0 Å². The lowest BCUT2D eigenvalue weighted by Gasteiger charge is -2.10. The van der Waals surface area contributed by atoms with Crippen LogP contribution in [-0.4, -0.2) is 24.7 Å². The first-order chi connectivity index (χ1) is 6.76. The van der Waals surface area contributed by atoms with Gasteiger partial charge in [-0.1, -0.05) is 6.07 Å². The quantitative estimate of drug-likeness (QED) is 0.719. The molecule has 14 heavy (non-hydrogen) atoms. The van der Waals surface area contributed by atoms with Gasteiger partial charge in [0.05, 0.1) is 7.11 Å². The molecule has 0 radical (unpaired) electrons. The molecule has 0 aliphatic heterocycles.